The number of carbonyl (C=O) groups is 1. The lowest BCUT2D eigenvalue weighted by Crippen LogP contribution is -2.30. The third kappa shape index (κ3) is 4.55. The predicted molar refractivity (Wildman–Crippen MR) is 104 cm³/mol. The summed E-state index contributed by atoms with van der Waals surface area (Å²) < 4.78 is 44.6. The van der Waals surface area contributed by atoms with Crippen LogP contribution < -0.4 is 4.72 Å². The summed E-state index contributed by atoms with van der Waals surface area (Å²) in [6, 6.07) is 12.3. The van der Waals surface area contributed by atoms with Gasteiger partial charge in [0.05, 0.1) is 18.0 Å². The van der Waals surface area contributed by atoms with Gasteiger partial charge in [-0.05, 0) is 23.8 Å². The van der Waals surface area contributed by atoms with Crippen LogP contribution in [-0.4, -0.2) is 45.0 Å². The largest absolute Gasteiger partial charge is 0.375 e. The van der Waals surface area contributed by atoms with Gasteiger partial charge in [-0.15, -0.1) is 0 Å². The van der Waals surface area contributed by atoms with E-state index in [4.69, 9.17) is 4.74 Å². The molecule has 1 N–H and O–H groups in total. The number of nitrogens with one attached hydrogen (secondary N) is 1. The molecule has 0 saturated carbocycles. The number of halogens is 1. The summed E-state index contributed by atoms with van der Waals surface area (Å²) in [4.78, 5) is 12.5. The summed E-state index contributed by atoms with van der Waals surface area (Å²) in [5.41, 5.74) is 1.93. The molecule has 0 fully saturated rings. The molecule has 1 atom stereocenters. The summed E-state index contributed by atoms with van der Waals surface area (Å²) >= 11 is 0. The Morgan fingerprint density at radius 2 is 2.04 bits per heavy atom. The standard InChI is InChI=1S/C19H20FN3O4S/c1-27-12-19(24)23-18(15-8-3-4-9-16(15)20)11-17(21-23)13-6-5-7-14(10-13)22-28(2,25)26/h3-10,18,22H,11-12H2,1-2H3. The minimum atomic E-state index is -3.43. The normalized spacial score (nSPS) is 16.8. The molecule has 9 heteroatoms. The first-order valence-corrected chi connectivity index (χ1v) is 10.4. The third-order valence-electron chi connectivity index (χ3n) is 4.20. The van der Waals surface area contributed by atoms with Crippen LogP contribution in [0.3, 0.4) is 0 Å². The number of ether oxygens (including phenoxy) is 1. The van der Waals surface area contributed by atoms with Crippen molar-refractivity contribution in [2.75, 3.05) is 24.7 Å². The van der Waals surface area contributed by atoms with E-state index in [-0.39, 0.29) is 6.61 Å². The Bertz CT molecular complexity index is 1020. The van der Waals surface area contributed by atoms with Crippen molar-refractivity contribution in [2.45, 2.75) is 12.5 Å². The van der Waals surface area contributed by atoms with E-state index < -0.39 is 27.8 Å². The molecule has 1 amide bonds. The van der Waals surface area contributed by atoms with Crippen molar-refractivity contribution >= 4 is 27.3 Å². The lowest BCUT2D eigenvalue weighted by atomic mass is 9.98. The van der Waals surface area contributed by atoms with Crippen molar-refractivity contribution < 1.29 is 22.3 Å². The highest BCUT2D eigenvalue weighted by Crippen LogP contribution is 2.34. The van der Waals surface area contributed by atoms with Gasteiger partial charge in [0, 0.05) is 24.8 Å². The van der Waals surface area contributed by atoms with Crippen LogP contribution in [0.15, 0.2) is 53.6 Å². The molecular weight excluding hydrogens is 385 g/mol. The van der Waals surface area contributed by atoms with Crippen molar-refractivity contribution in [2.24, 2.45) is 5.10 Å². The van der Waals surface area contributed by atoms with Crippen molar-refractivity contribution in [1.82, 2.24) is 5.01 Å². The number of carbonyl (C=O) groups excluding carboxylic acids is 1. The van der Waals surface area contributed by atoms with Crippen LogP contribution in [0.5, 0.6) is 0 Å². The lowest BCUT2D eigenvalue weighted by Gasteiger charge is -2.22. The van der Waals surface area contributed by atoms with Gasteiger partial charge in [-0.25, -0.2) is 17.8 Å². The van der Waals surface area contributed by atoms with Gasteiger partial charge in [0.25, 0.3) is 5.91 Å². The Morgan fingerprint density at radius 3 is 2.71 bits per heavy atom. The molecule has 0 aliphatic carbocycles. The average Bonchev–Trinajstić information content (AvgIpc) is 3.06. The number of hydrazone groups is 1. The molecule has 0 aromatic heterocycles. The number of methoxy groups -OCH3 is 1. The Hall–Kier alpha value is -2.78. The maximum atomic E-state index is 14.3. The van der Waals surface area contributed by atoms with Gasteiger partial charge in [-0.2, -0.15) is 5.10 Å². The van der Waals surface area contributed by atoms with Gasteiger partial charge in [0.1, 0.15) is 12.4 Å². The van der Waals surface area contributed by atoms with E-state index in [0.717, 1.165) is 6.26 Å². The number of hydrogen-bond acceptors (Lipinski definition) is 5. The van der Waals surface area contributed by atoms with E-state index in [2.05, 4.69) is 9.82 Å². The lowest BCUT2D eigenvalue weighted by molar-refractivity contribution is -0.137. The molecule has 148 valence electrons. The average molecular weight is 405 g/mol. The zero-order chi connectivity index (χ0) is 20.3. The molecule has 1 heterocycles. The van der Waals surface area contributed by atoms with E-state index in [0.29, 0.717) is 28.9 Å². The number of sulfonamides is 1. The second-order valence-electron chi connectivity index (χ2n) is 6.41. The molecule has 0 saturated heterocycles. The topological polar surface area (TPSA) is 88.1 Å². The van der Waals surface area contributed by atoms with E-state index in [9.17, 15) is 17.6 Å². The molecule has 28 heavy (non-hydrogen) atoms. The van der Waals surface area contributed by atoms with Gasteiger partial charge >= 0.3 is 0 Å². The first-order chi connectivity index (χ1) is 13.3. The number of rotatable bonds is 6. The molecular formula is C19H20FN3O4S. The summed E-state index contributed by atoms with van der Waals surface area (Å²) in [6.45, 7) is -0.183. The zero-order valence-electron chi connectivity index (χ0n) is 15.4. The van der Waals surface area contributed by atoms with Crippen LogP contribution >= 0.6 is 0 Å². The Balaban J connectivity index is 1.96. The Labute approximate surface area is 162 Å². The van der Waals surface area contributed by atoms with Crippen molar-refractivity contribution in [3.05, 3.63) is 65.5 Å². The number of nitrogens with zero attached hydrogens (tertiary/aromatic N) is 2. The fourth-order valence-electron chi connectivity index (χ4n) is 3.07. The molecule has 2 aromatic rings. The molecule has 1 aliphatic rings. The monoisotopic (exact) mass is 405 g/mol. The fourth-order valence-corrected chi connectivity index (χ4v) is 3.62. The van der Waals surface area contributed by atoms with Crippen molar-refractivity contribution in [3.63, 3.8) is 0 Å². The molecule has 3 rings (SSSR count). The summed E-state index contributed by atoms with van der Waals surface area (Å²) in [5.74, 6) is -0.817. The Kier molecular flexibility index (Phi) is 5.76. The van der Waals surface area contributed by atoms with Crippen LogP contribution in [0, 0.1) is 5.82 Å². The van der Waals surface area contributed by atoms with Crippen LogP contribution in [0.4, 0.5) is 10.1 Å². The third-order valence-corrected chi connectivity index (χ3v) is 4.80. The quantitative estimate of drug-likeness (QED) is 0.800. The minimum absolute atomic E-state index is 0.183. The van der Waals surface area contributed by atoms with E-state index in [1.165, 1.54) is 18.2 Å². The second-order valence-corrected chi connectivity index (χ2v) is 8.16. The maximum absolute atomic E-state index is 14.3. The van der Waals surface area contributed by atoms with Crippen LogP contribution in [0.25, 0.3) is 0 Å². The van der Waals surface area contributed by atoms with Crippen LogP contribution in [-0.2, 0) is 19.6 Å². The van der Waals surface area contributed by atoms with Gasteiger partial charge in [-0.1, -0.05) is 30.3 Å². The fraction of sp³-hybridized carbons (Fsp3) is 0.263. The molecule has 1 aliphatic heterocycles. The molecule has 1 unspecified atom stereocenters. The summed E-state index contributed by atoms with van der Waals surface area (Å²) in [5, 5.41) is 5.62. The molecule has 0 radical (unpaired) electrons. The number of hydrogen-bond donors (Lipinski definition) is 1. The molecule has 2 aromatic carbocycles. The maximum Gasteiger partial charge on any atom is 0.269 e. The van der Waals surface area contributed by atoms with Crippen molar-refractivity contribution in [3.8, 4) is 0 Å². The van der Waals surface area contributed by atoms with Crippen molar-refractivity contribution in [1.29, 1.82) is 0 Å². The van der Waals surface area contributed by atoms with Gasteiger partial charge in [0.15, 0.2) is 0 Å². The predicted octanol–water partition coefficient (Wildman–Crippen LogP) is 2.52. The zero-order valence-corrected chi connectivity index (χ0v) is 16.2. The molecule has 0 spiro atoms. The first-order valence-electron chi connectivity index (χ1n) is 8.49. The summed E-state index contributed by atoms with van der Waals surface area (Å²) in [6.07, 6.45) is 1.35. The van der Waals surface area contributed by atoms with E-state index >= 15 is 0 Å². The van der Waals surface area contributed by atoms with Crippen LogP contribution in [0.1, 0.15) is 23.6 Å². The number of benzene rings is 2. The molecule has 0 bridgehead atoms. The summed E-state index contributed by atoms with van der Waals surface area (Å²) in [7, 11) is -2.03. The van der Waals surface area contributed by atoms with Crippen LogP contribution in [0.2, 0.25) is 0 Å². The second kappa shape index (κ2) is 8.07. The number of amides is 1. The minimum Gasteiger partial charge on any atom is -0.375 e. The first kappa shape index (κ1) is 20.0. The highest BCUT2D eigenvalue weighted by atomic mass is 32.2. The van der Waals surface area contributed by atoms with Gasteiger partial charge in [0.2, 0.25) is 10.0 Å². The Morgan fingerprint density at radius 1 is 1.29 bits per heavy atom. The van der Waals surface area contributed by atoms with E-state index in [1.54, 1.807) is 42.5 Å². The molecule has 7 nitrogen and oxygen atoms in total. The highest BCUT2D eigenvalue weighted by molar-refractivity contribution is 7.92. The van der Waals surface area contributed by atoms with Gasteiger partial charge in [-0.3, -0.25) is 9.52 Å². The van der Waals surface area contributed by atoms with E-state index in [1.807, 2.05) is 0 Å². The smallest absolute Gasteiger partial charge is 0.269 e. The number of anilines is 1. The SMILES string of the molecule is COCC(=O)N1N=C(c2cccc(NS(C)(=O)=O)c2)CC1c1ccccc1F. The highest BCUT2D eigenvalue weighted by Gasteiger charge is 2.34. The van der Waals surface area contributed by atoms with Gasteiger partial charge < -0.3 is 4.74 Å².